The maximum absolute atomic E-state index is 5.18. The topological polar surface area (TPSA) is 27.3 Å². The average Bonchev–Trinajstić information content (AvgIpc) is 2.50. The molecule has 12 heteroatoms. The first kappa shape index (κ1) is 37.6. The molecule has 0 fully saturated rings. The van der Waals surface area contributed by atoms with Crippen molar-refractivity contribution in [3.05, 3.63) is 0 Å². The molecule has 0 radical (unpaired) electrons. The number of hydrogen-bond donors (Lipinski definition) is 2. The monoisotopic (exact) mass is 509 g/mol. The molecule has 2 N–H and O–H groups in total. The van der Waals surface area contributed by atoms with E-state index in [-0.39, 0.29) is 88.7 Å². The molecule has 0 aliphatic heterocycles. The Morgan fingerprint density at radius 2 is 0.926 bits per heavy atom. The van der Waals surface area contributed by atoms with Gasteiger partial charge in [0.25, 0.3) is 0 Å². The zero-order valence-electron chi connectivity index (χ0n) is 16.9. The van der Waals surface area contributed by atoms with E-state index in [9.17, 15) is 0 Å². The van der Waals surface area contributed by atoms with Crippen LogP contribution >= 0.6 is 36.7 Å². The standard InChI is InChI=1S/C15H29N3S6.3Na/c19-13(20)16-9-5-1-3-7-11-18(15(23)24)12-8-4-2-6-10-17-14(21)22;;;/h1-12H2,(H,23,24)(H2,16,19,20)(H2,17,21,22);;;/q;3*+1/p-3. The van der Waals surface area contributed by atoms with Crippen LogP contribution < -0.4 is 99.3 Å². The van der Waals surface area contributed by atoms with Gasteiger partial charge in [-0.2, -0.15) is 0 Å². The second-order valence-corrected chi connectivity index (χ2v) is 8.69. The minimum Gasteiger partial charge on any atom is -0.412 e. The van der Waals surface area contributed by atoms with Crippen LogP contribution in [-0.2, 0) is 37.9 Å². The van der Waals surface area contributed by atoms with Gasteiger partial charge >= 0.3 is 88.7 Å². The van der Waals surface area contributed by atoms with Gasteiger partial charge in [-0.15, -0.1) is 0 Å². The second kappa shape index (κ2) is 27.4. The van der Waals surface area contributed by atoms with Gasteiger partial charge in [0.2, 0.25) is 0 Å². The maximum atomic E-state index is 5.18. The molecule has 0 saturated carbocycles. The number of hydrogen-bond acceptors (Lipinski definition) is 6. The van der Waals surface area contributed by atoms with Crippen LogP contribution in [0.2, 0.25) is 0 Å². The molecule has 0 unspecified atom stereocenters. The largest absolute Gasteiger partial charge is 1.00 e. The molecule has 0 aromatic rings. The van der Waals surface area contributed by atoms with E-state index in [1.807, 2.05) is 0 Å². The summed E-state index contributed by atoms with van der Waals surface area (Å²) in [4.78, 5) is 2.15. The van der Waals surface area contributed by atoms with Crippen molar-refractivity contribution < 1.29 is 88.7 Å². The van der Waals surface area contributed by atoms with Gasteiger partial charge in [0, 0.05) is 26.2 Å². The van der Waals surface area contributed by atoms with Gasteiger partial charge < -0.3 is 90.1 Å². The van der Waals surface area contributed by atoms with Crippen molar-refractivity contribution in [3.63, 3.8) is 0 Å². The summed E-state index contributed by atoms with van der Waals surface area (Å²) in [6.45, 7) is 3.66. The molecule has 0 aliphatic carbocycles. The molecule has 0 saturated heterocycles. The van der Waals surface area contributed by atoms with Crippen molar-refractivity contribution in [1.29, 1.82) is 0 Å². The molecule has 0 atom stereocenters. The third-order valence-electron chi connectivity index (χ3n) is 3.51. The Bertz CT molecular complexity index is 364. The van der Waals surface area contributed by atoms with Crippen LogP contribution in [0.3, 0.4) is 0 Å². The van der Waals surface area contributed by atoms with Crippen LogP contribution in [0, 0.1) is 0 Å². The fourth-order valence-electron chi connectivity index (χ4n) is 2.24. The van der Waals surface area contributed by atoms with Crippen LogP contribution in [0.1, 0.15) is 51.4 Å². The third-order valence-corrected chi connectivity index (χ3v) is 4.60. The molecule has 27 heavy (non-hydrogen) atoms. The fourth-order valence-corrected chi connectivity index (χ4v) is 3.01. The molecular weight excluding hydrogens is 484 g/mol. The Hall–Kier alpha value is 3.33. The Labute approximate surface area is 264 Å². The summed E-state index contributed by atoms with van der Waals surface area (Å²) < 4.78 is 1.51. The number of nitrogens with zero attached hydrogens (tertiary/aromatic N) is 1. The molecule has 0 spiro atoms. The van der Waals surface area contributed by atoms with Gasteiger partial charge in [-0.05, 0) is 25.7 Å². The Morgan fingerprint density at radius 1 is 0.593 bits per heavy atom. The zero-order valence-corrected chi connectivity index (χ0v) is 27.8. The molecule has 140 valence electrons. The first-order chi connectivity index (χ1) is 11.4. The number of thiocarbonyl (C=S) groups is 3. The van der Waals surface area contributed by atoms with E-state index in [2.05, 4.69) is 15.5 Å². The second-order valence-electron chi connectivity index (χ2n) is 5.51. The van der Waals surface area contributed by atoms with Gasteiger partial charge in [0.1, 0.15) is 0 Å². The fraction of sp³-hybridized carbons (Fsp3) is 0.800. The van der Waals surface area contributed by atoms with Gasteiger partial charge in [0.05, 0.1) is 0 Å². The minimum atomic E-state index is 0. The summed E-state index contributed by atoms with van der Waals surface area (Å²) in [7, 11) is 0. The Morgan fingerprint density at radius 3 is 1.22 bits per heavy atom. The summed E-state index contributed by atoms with van der Waals surface area (Å²) in [5, 5.41) is 6.00. The molecule has 0 heterocycles. The molecule has 0 aromatic carbocycles. The predicted molar refractivity (Wildman–Crippen MR) is 124 cm³/mol. The number of unbranched alkanes of at least 4 members (excludes halogenated alkanes) is 6. The summed E-state index contributed by atoms with van der Waals surface area (Å²) in [6, 6.07) is 0. The van der Waals surface area contributed by atoms with Crippen molar-refractivity contribution in [2.75, 3.05) is 26.2 Å². The van der Waals surface area contributed by atoms with Crippen molar-refractivity contribution in [1.82, 2.24) is 15.5 Å². The van der Waals surface area contributed by atoms with E-state index in [0.717, 1.165) is 51.9 Å². The number of nitrogens with one attached hydrogen (secondary N) is 2. The summed E-state index contributed by atoms with van der Waals surface area (Å²) in [5.41, 5.74) is 0. The van der Waals surface area contributed by atoms with Crippen LogP contribution in [-0.4, -0.2) is 44.0 Å². The summed E-state index contributed by atoms with van der Waals surface area (Å²) in [5.74, 6) is 0. The van der Waals surface area contributed by atoms with Gasteiger partial charge in [0.15, 0.2) is 0 Å². The molecule has 0 amide bonds. The van der Waals surface area contributed by atoms with E-state index in [4.69, 9.17) is 74.5 Å². The molecule has 0 bridgehead atoms. The summed E-state index contributed by atoms with van der Waals surface area (Å²) in [6.07, 6.45) is 9.11. The van der Waals surface area contributed by atoms with Crippen LogP contribution in [0.4, 0.5) is 0 Å². The van der Waals surface area contributed by atoms with Gasteiger partial charge in [-0.3, -0.25) is 0 Å². The van der Waals surface area contributed by atoms with Crippen molar-refractivity contribution in [2.45, 2.75) is 51.4 Å². The third kappa shape index (κ3) is 29.3. The predicted octanol–water partition coefficient (Wildman–Crippen LogP) is -5.90. The van der Waals surface area contributed by atoms with Crippen molar-refractivity contribution >= 4 is 87.5 Å². The molecule has 0 rings (SSSR count). The zero-order chi connectivity index (χ0) is 18.2. The van der Waals surface area contributed by atoms with Gasteiger partial charge in [-0.25, -0.2) is 0 Å². The smallest absolute Gasteiger partial charge is 0.412 e. The van der Waals surface area contributed by atoms with Crippen molar-refractivity contribution in [2.24, 2.45) is 0 Å². The number of rotatable bonds is 14. The molecule has 0 aliphatic rings. The molecule has 0 aromatic heterocycles. The Kier molecular flexibility index (Phi) is 38.1. The molecular formula is C15H26N3Na3S6. The van der Waals surface area contributed by atoms with E-state index >= 15 is 0 Å². The van der Waals surface area contributed by atoms with E-state index in [1.54, 1.807) is 0 Å². The molecule has 3 nitrogen and oxygen atoms in total. The van der Waals surface area contributed by atoms with E-state index in [0.29, 0.717) is 13.0 Å². The van der Waals surface area contributed by atoms with Crippen LogP contribution in [0.15, 0.2) is 0 Å². The van der Waals surface area contributed by atoms with Crippen molar-refractivity contribution in [3.8, 4) is 0 Å². The maximum Gasteiger partial charge on any atom is 1.00 e. The normalized spacial score (nSPS) is 9.04. The summed E-state index contributed by atoms with van der Waals surface area (Å²) >= 11 is 29.6. The van der Waals surface area contributed by atoms with Crippen LogP contribution in [0.25, 0.3) is 0 Å². The van der Waals surface area contributed by atoms with Crippen LogP contribution in [0.5, 0.6) is 0 Å². The Balaban J connectivity index is -0.000000882. The van der Waals surface area contributed by atoms with E-state index < -0.39 is 0 Å². The van der Waals surface area contributed by atoms with E-state index in [1.165, 1.54) is 25.7 Å². The van der Waals surface area contributed by atoms with Gasteiger partial charge in [-0.1, -0.05) is 38.6 Å². The quantitative estimate of drug-likeness (QED) is 0.103. The first-order valence-electron chi connectivity index (χ1n) is 8.29. The average molecular weight is 510 g/mol. The first-order valence-corrected chi connectivity index (χ1v) is 10.7. The minimum absolute atomic E-state index is 0. The SMILES string of the molecule is S=C([S-])NCCCCCCN(CCCCCCNC(=S)[S-])C(=S)[S-].[Na+].[Na+].[Na+].